The molecule has 0 saturated carbocycles. The zero-order chi connectivity index (χ0) is 13.6. The van der Waals surface area contributed by atoms with Gasteiger partial charge in [-0.2, -0.15) is 0 Å². The highest BCUT2D eigenvalue weighted by Gasteiger charge is 2.32. The summed E-state index contributed by atoms with van der Waals surface area (Å²) in [6.45, 7) is 0.693. The topological polar surface area (TPSA) is 88.3 Å². The molecule has 98 valence electrons. The van der Waals surface area contributed by atoms with Crippen LogP contribution in [0.25, 0.3) is 11.0 Å². The predicted octanol–water partition coefficient (Wildman–Crippen LogP) is 0.533. The predicted molar refractivity (Wildman–Crippen MR) is 65.8 cm³/mol. The minimum atomic E-state index is -1.01. The molecule has 0 spiro atoms. The Morgan fingerprint density at radius 2 is 2.26 bits per heavy atom. The van der Waals surface area contributed by atoms with Crippen molar-refractivity contribution in [2.24, 2.45) is 0 Å². The lowest BCUT2D eigenvalue weighted by molar-refractivity contribution is -0.129. The molecule has 1 aromatic carbocycles. The normalized spacial score (nSPS) is 19.3. The number of hydrogen-bond donors (Lipinski definition) is 1. The second kappa shape index (κ2) is 4.04. The van der Waals surface area contributed by atoms with Gasteiger partial charge in [0, 0.05) is 13.6 Å². The molecule has 1 unspecified atom stereocenters. The highest BCUT2D eigenvalue weighted by molar-refractivity contribution is 5.92. The van der Waals surface area contributed by atoms with Gasteiger partial charge in [-0.15, -0.1) is 5.10 Å². The highest BCUT2D eigenvalue weighted by Crippen LogP contribution is 2.25. The van der Waals surface area contributed by atoms with Crippen LogP contribution in [-0.4, -0.2) is 50.5 Å². The van der Waals surface area contributed by atoms with Crippen LogP contribution in [0.5, 0.6) is 0 Å². The Morgan fingerprint density at radius 3 is 2.89 bits per heavy atom. The van der Waals surface area contributed by atoms with Crippen molar-refractivity contribution in [2.75, 3.05) is 13.6 Å². The van der Waals surface area contributed by atoms with E-state index < -0.39 is 5.97 Å². The van der Waals surface area contributed by atoms with E-state index >= 15 is 0 Å². The van der Waals surface area contributed by atoms with Crippen LogP contribution in [0.1, 0.15) is 22.8 Å². The quantitative estimate of drug-likeness (QED) is 0.851. The number of carbonyl (C=O) groups is 2. The molecule has 0 bridgehead atoms. The number of carbonyl (C=O) groups excluding carboxylic acids is 1. The van der Waals surface area contributed by atoms with E-state index in [-0.39, 0.29) is 17.5 Å². The first-order valence-corrected chi connectivity index (χ1v) is 5.91. The van der Waals surface area contributed by atoms with Crippen molar-refractivity contribution in [3.8, 4) is 0 Å². The molecule has 1 atom stereocenters. The molecule has 19 heavy (non-hydrogen) atoms. The first kappa shape index (κ1) is 11.6. The summed E-state index contributed by atoms with van der Waals surface area (Å²) in [6, 6.07) is 4.26. The number of nitrogens with zero attached hydrogens (tertiary/aromatic N) is 4. The second-order valence-corrected chi connectivity index (χ2v) is 4.61. The van der Waals surface area contributed by atoms with E-state index in [1.165, 1.54) is 12.1 Å². The van der Waals surface area contributed by atoms with Crippen LogP contribution in [0.15, 0.2) is 18.2 Å². The van der Waals surface area contributed by atoms with Crippen LogP contribution >= 0.6 is 0 Å². The van der Waals surface area contributed by atoms with Gasteiger partial charge in [-0.25, -0.2) is 9.48 Å². The maximum Gasteiger partial charge on any atom is 0.335 e. The molecule has 1 aromatic heterocycles. The number of aromatic nitrogens is 3. The van der Waals surface area contributed by atoms with Gasteiger partial charge < -0.3 is 10.0 Å². The molecule has 1 N–H and O–H groups in total. The van der Waals surface area contributed by atoms with Crippen LogP contribution < -0.4 is 0 Å². The average Bonchev–Trinajstić information content (AvgIpc) is 2.94. The Labute approximate surface area is 108 Å². The number of aromatic carboxylic acids is 1. The lowest BCUT2D eigenvalue weighted by atomic mass is 10.2. The Hall–Kier alpha value is -2.44. The zero-order valence-corrected chi connectivity index (χ0v) is 10.3. The van der Waals surface area contributed by atoms with Crippen molar-refractivity contribution in [2.45, 2.75) is 12.5 Å². The molecule has 1 fully saturated rings. The molecule has 7 heteroatoms. The number of likely N-dealkylation sites (N-methyl/N-ethyl adjacent to an activating group) is 1. The Kier molecular flexibility index (Phi) is 2.48. The van der Waals surface area contributed by atoms with Crippen LogP contribution in [-0.2, 0) is 4.79 Å². The summed E-state index contributed by atoms with van der Waals surface area (Å²) in [5.41, 5.74) is 1.33. The van der Waals surface area contributed by atoms with Gasteiger partial charge in [-0.1, -0.05) is 5.21 Å². The van der Waals surface area contributed by atoms with Gasteiger partial charge in [0.2, 0.25) is 5.91 Å². The van der Waals surface area contributed by atoms with Crippen LogP contribution in [0.4, 0.5) is 0 Å². The molecule has 0 aliphatic carbocycles. The maximum atomic E-state index is 12.0. The molecule has 1 aliphatic heterocycles. The van der Waals surface area contributed by atoms with E-state index in [9.17, 15) is 9.59 Å². The number of amides is 1. The standard InChI is InChI=1S/C12H12N4O3/c1-15-5-4-10(11(15)17)16-9-3-2-7(12(18)19)6-8(9)13-14-16/h2-3,6,10H,4-5H2,1H3,(H,18,19). The highest BCUT2D eigenvalue weighted by atomic mass is 16.4. The summed E-state index contributed by atoms with van der Waals surface area (Å²) in [7, 11) is 1.75. The smallest absolute Gasteiger partial charge is 0.335 e. The summed E-state index contributed by atoms with van der Waals surface area (Å²) in [5, 5.41) is 16.9. The van der Waals surface area contributed by atoms with E-state index in [0.29, 0.717) is 24.0 Å². The molecule has 1 aliphatic rings. The lowest BCUT2D eigenvalue weighted by Crippen LogP contribution is -2.25. The lowest BCUT2D eigenvalue weighted by Gasteiger charge is -2.10. The summed E-state index contributed by atoms with van der Waals surface area (Å²) >= 11 is 0. The van der Waals surface area contributed by atoms with E-state index in [1.807, 2.05) is 0 Å². The fourth-order valence-electron chi connectivity index (χ4n) is 2.34. The molecule has 0 radical (unpaired) electrons. The summed E-state index contributed by atoms with van der Waals surface area (Å²) in [6.07, 6.45) is 0.689. The third kappa shape index (κ3) is 1.74. The first-order valence-electron chi connectivity index (χ1n) is 5.91. The minimum Gasteiger partial charge on any atom is -0.478 e. The van der Waals surface area contributed by atoms with Crippen LogP contribution in [0.3, 0.4) is 0 Å². The molecule has 2 heterocycles. The minimum absolute atomic E-state index is 0.00844. The molecule has 1 saturated heterocycles. The third-order valence-corrected chi connectivity index (χ3v) is 3.41. The second-order valence-electron chi connectivity index (χ2n) is 4.61. The van der Waals surface area contributed by atoms with Crippen molar-refractivity contribution < 1.29 is 14.7 Å². The summed E-state index contributed by atoms with van der Waals surface area (Å²) in [4.78, 5) is 24.5. The summed E-state index contributed by atoms with van der Waals surface area (Å²) in [5.74, 6) is -0.998. The number of benzene rings is 1. The van der Waals surface area contributed by atoms with Gasteiger partial charge in [0.25, 0.3) is 0 Å². The molecule has 1 amide bonds. The largest absolute Gasteiger partial charge is 0.478 e. The van der Waals surface area contributed by atoms with E-state index in [0.717, 1.165) is 0 Å². The van der Waals surface area contributed by atoms with E-state index in [1.54, 1.807) is 22.7 Å². The fraction of sp³-hybridized carbons (Fsp3) is 0.333. The maximum absolute atomic E-state index is 12.0. The molecule has 3 rings (SSSR count). The van der Waals surface area contributed by atoms with E-state index in [2.05, 4.69) is 10.3 Å². The Morgan fingerprint density at radius 1 is 1.47 bits per heavy atom. The van der Waals surface area contributed by atoms with Gasteiger partial charge >= 0.3 is 5.97 Å². The Balaban J connectivity index is 2.06. The number of likely N-dealkylation sites (tertiary alicyclic amines) is 1. The van der Waals surface area contributed by atoms with Crippen molar-refractivity contribution in [3.63, 3.8) is 0 Å². The molecule has 7 nitrogen and oxygen atoms in total. The van der Waals surface area contributed by atoms with Gasteiger partial charge in [-0.05, 0) is 24.6 Å². The SMILES string of the molecule is CN1CCC(n2nnc3cc(C(=O)O)ccc32)C1=O. The van der Waals surface area contributed by atoms with Gasteiger partial charge in [0.15, 0.2) is 0 Å². The van der Waals surface area contributed by atoms with Crippen LogP contribution in [0, 0.1) is 0 Å². The van der Waals surface area contributed by atoms with Gasteiger partial charge in [0.1, 0.15) is 11.6 Å². The molecular weight excluding hydrogens is 248 g/mol. The first-order chi connectivity index (χ1) is 9.08. The third-order valence-electron chi connectivity index (χ3n) is 3.41. The zero-order valence-electron chi connectivity index (χ0n) is 10.3. The van der Waals surface area contributed by atoms with Crippen molar-refractivity contribution >= 4 is 22.9 Å². The van der Waals surface area contributed by atoms with Gasteiger partial charge in [0.05, 0.1) is 11.1 Å². The van der Waals surface area contributed by atoms with Crippen molar-refractivity contribution in [1.82, 2.24) is 19.9 Å². The number of hydrogen-bond acceptors (Lipinski definition) is 4. The average molecular weight is 260 g/mol. The Bertz CT molecular complexity index is 679. The van der Waals surface area contributed by atoms with Crippen molar-refractivity contribution in [3.05, 3.63) is 23.8 Å². The van der Waals surface area contributed by atoms with Crippen molar-refractivity contribution in [1.29, 1.82) is 0 Å². The monoisotopic (exact) mass is 260 g/mol. The number of rotatable bonds is 2. The number of carboxylic acids is 1. The fourth-order valence-corrected chi connectivity index (χ4v) is 2.34. The summed E-state index contributed by atoms with van der Waals surface area (Å²) < 4.78 is 1.58. The number of carboxylic acid groups (broad SMARTS) is 1. The molecule has 2 aromatic rings. The van der Waals surface area contributed by atoms with Crippen LogP contribution in [0.2, 0.25) is 0 Å². The number of fused-ring (bicyclic) bond motifs is 1. The van der Waals surface area contributed by atoms with E-state index in [4.69, 9.17) is 5.11 Å². The van der Waals surface area contributed by atoms with Gasteiger partial charge in [-0.3, -0.25) is 4.79 Å². The molecular formula is C12H12N4O3.